The van der Waals surface area contributed by atoms with E-state index in [2.05, 4.69) is 57.8 Å². The van der Waals surface area contributed by atoms with Crippen LogP contribution in [-0.4, -0.2) is 36.3 Å². The fraction of sp³-hybridized carbons (Fsp3) is 0.632. The van der Waals surface area contributed by atoms with Gasteiger partial charge in [0.2, 0.25) is 0 Å². The van der Waals surface area contributed by atoms with Crippen molar-refractivity contribution in [3.63, 3.8) is 0 Å². The van der Waals surface area contributed by atoms with E-state index in [0.717, 1.165) is 49.2 Å². The zero-order valence-electron chi connectivity index (χ0n) is 14.8. The van der Waals surface area contributed by atoms with Gasteiger partial charge in [-0.1, -0.05) is 28.1 Å². The van der Waals surface area contributed by atoms with E-state index >= 15 is 0 Å². The first-order valence-corrected chi connectivity index (χ1v) is 9.89. The molecule has 1 aromatic carbocycles. The number of halogens is 2. The zero-order valence-corrected chi connectivity index (χ0v) is 18.7. The molecule has 0 spiro atoms. The number of rotatable bonds is 5. The first-order valence-electron chi connectivity index (χ1n) is 9.10. The molecule has 2 aliphatic rings. The van der Waals surface area contributed by atoms with Gasteiger partial charge in [-0.05, 0) is 63.1 Å². The van der Waals surface area contributed by atoms with Crippen molar-refractivity contribution >= 4 is 45.9 Å². The number of nitrogens with zero attached hydrogens (tertiary/aromatic N) is 1. The first kappa shape index (κ1) is 21.0. The minimum Gasteiger partial charge on any atom is -0.393 e. The Morgan fingerprint density at radius 1 is 1.28 bits per heavy atom. The molecule has 6 heteroatoms. The van der Waals surface area contributed by atoms with Gasteiger partial charge in [-0.15, -0.1) is 24.0 Å². The molecule has 2 fully saturated rings. The van der Waals surface area contributed by atoms with E-state index in [1.807, 2.05) is 0 Å². The van der Waals surface area contributed by atoms with Crippen LogP contribution < -0.4 is 10.6 Å². The summed E-state index contributed by atoms with van der Waals surface area (Å²) in [5.74, 6) is 0.917. The highest BCUT2D eigenvalue weighted by atomic mass is 127. The fourth-order valence-electron chi connectivity index (χ4n) is 3.47. The Kier molecular flexibility index (Phi) is 8.01. The summed E-state index contributed by atoms with van der Waals surface area (Å²) in [5, 5.41) is 16.6. The molecule has 0 radical (unpaired) electrons. The third-order valence-corrected chi connectivity index (χ3v) is 5.71. The number of aliphatic imine (C=N–C) groups is 1. The second kappa shape index (κ2) is 9.55. The predicted molar refractivity (Wildman–Crippen MR) is 118 cm³/mol. The summed E-state index contributed by atoms with van der Waals surface area (Å²) in [7, 11) is 0. The molecule has 0 aromatic heterocycles. The number of hydrogen-bond acceptors (Lipinski definition) is 2. The zero-order chi connectivity index (χ0) is 17.0. The Balaban J connectivity index is 0.00000225. The van der Waals surface area contributed by atoms with E-state index in [9.17, 15) is 5.11 Å². The number of aliphatic hydroxyl groups excluding tert-OH is 1. The van der Waals surface area contributed by atoms with Crippen molar-refractivity contribution in [1.82, 2.24) is 10.6 Å². The summed E-state index contributed by atoms with van der Waals surface area (Å²) in [4.78, 5) is 4.88. The summed E-state index contributed by atoms with van der Waals surface area (Å²) in [6, 6.07) is 9.06. The number of nitrogens with one attached hydrogen (secondary N) is 2. The van der Waals surface area contributed by atoms with Crippen LogP contribution in [0.15, 0.2) is 33.7 Å². The molecule has 0 atom stereocenters. The Morgan fingerprint density at radius 2 is 2.00 bits per heavy atom. The average molecular weight is 522 g/mol. The van der Waals surface area contributed by atoms with E-state index in [-0.39, 0.29) is 35.5 Å². The number of aliphatic hydroxyl groups is 1. The maximum atomic E-state index is 9.65. The molecular formula is C19H29BrIN3O. The van der Waals surface area contributed by atoms with E-state index in [1.54, 1.807) is 0 Å². The van der Waals surface area contributed by atoms with Crippen LogP contribution in [0.3, 0.4) is 0 Å². The molecule has 0 heterocycles. The van der Waals surface area contributed by atoms with E-state index < -0.39 is 0 Å². The molecular weight excluding hydrogens is 493 g/mol. The van der Waals surface area contributed by atoms with E-state index in [4.69, 9.17) is 4.99 Å². The van der Waals surface area contributed by atoms with Gasteiger partial charge in [0.15, 0.2) is 5.96 Å². The molecule has 3 rings (SSSR count). The van der Waals surface area contributed by atoms with Gasteiger partial charge in [0.1, 0.15) is 0 Å². The third kappa shape index (κ3) is 5.82. The highest BCUT2D eigenvalue weighted by molar-refractivity contribution is 14.0. The summed E-state index contributed by atoms with van der Waals surface area (Å²) >= 11 is 3.58. The van der Waals surface area contributed by atoms with Crippen LogP contribution in [0.2, 0.25) is 0 Å². The van der Waals surface area contributed by atoms with Crippen LogP contribution in [0.25, 0.3) is 0 Å². The van der Waals surface area contributed by atoms with Crippen molar-refractivity contribution < 1.29 is 5.11 Å². The standard InChI is InChI=1S/C19H28BrN3O.HI/c1-2-21-18(23-16-6-8-17(24)9-7-16)22-13-19(10-11-19)14-4-3-5-15(20)12-14;/h3-5,12,16-17,24H,2,6-11,13H2,1H3,(H2,21,22,23);1H. The minimum atomic E-state index is -0.117. The average Bonchev–Trinajstić information content (AvgIpc) is 3.36. The molecule has 0 unspecified atom stereocenters. The molecule has 0 amide bonds. The quantitative estimate of drug-likeness (QED) is 0.312. The van der Waals surface area contributed by atoms with Crippen LogP contribution in [0.4, 0.5) is 0 Å². The monoisotopic (exact) mass is 521 g/mol. The van der Waals surface area contributed by atoms with Gasteiger partial charge in [0.25, 0.3) is 0 Å². The summed E-state index contributed by atoms with van der Waals surface area (Å²) in [5.41, 5.74) is 1.60. The molecule has 4 nitrogen and oxygen atoms in total. The molecule has 1 aromatic rings. The fourth-order valence-corrected chi connectivity index (χ4v) is 3.87. The lowest BCUT2D eigenvalue weighted by atomic mass is 9.93. The third-order valence-electron chi connectivity index (χ3n) is 5.21. The molecule has 0 saturated heterocycles. The molecule has 2 saturated carbocycles. The van der Waals surface area contributed by atoms with Gasteiger partial charge in [-0.25, -0.2) is 0 Å². The summed E-state index contributed by atoms with van der Waals surface area (Å²) < 4.78 is 1.14. The van der Waals surface area contributed by atoms with Crippen molar-refractivity contribution in [2.24, 2.45) is 4.99 Å². The van der Waals surface area contributed by atoms with Gasteiger partial charge in [0.05, 0.1) is 12.6 Å². The van der Waals surface area contributed by atoms with Gasteiger partial charge in [-0.3, -0.25) is 4.99 Å². The molecule has 140 valence electrons. The Bertz CT molecular complexity index is 584. The normalized spacial score (nSPS) is 25.0. The predicted octanol–water partition coefficient (Wildman–Crippen LogP) is 3.96. The SMILES string of the molecule is CCNC(=NCC1(c2cccc(Br)c2)CC1)NC1CCC(O)CC1.I. The Hall–Kier alpha value is -0.340. The van der Waals surface area contributed by atoms with Crippen LogP contribution >= 0.6 is 39.9 Å². The number of guanidine groups is 1. The van der Waals surface area contributed by atoms with Crippen LogP contribution in [-0.2, 0) is 5.41 Å². The molecule has 2 aliphatic carbocycles. The van der Waals surface area contributed by atoms with E-state index in [1.165, 1.54) is 18.4 Å². The Morgan fingerprint density at radius 3 is 2.60 bits per heavy atom. The summed E-state index contributed by atoms with van der Waals surface area (Å²) in [6.45, 7) is 3.79. The van der Waals surface area contributed by atoms with Gasteiger partial charge in [0, 0.05) is 22.5 Å². The molecule has 0 bridgehead atoms. The minimum absolute atomic E-state index is 0. The van der Waals surface area contributed by atoms with Gasteiger partial charge < -0.3 is 15.7 Å². The van der Waals surface area contributed by atoms with Crippen molar-refractivity contribution in [2.75, 3.05) is 13.1 Å². The van der Waals surface area contributed by atoms with Crippen LogP contribution in [0.1, 0.15) is 51.0 Å². The molecule has 25 heavy (non-hydrogen) atoms. The molecule has 3 N–H and O–H groups in total. The maximum absolute atomic E-state index is 9.65. The maximum Gasteiger partial charge on any atom is 0.191 e. The Labute approximate surface area is 176 Å². The van der Waals surface area contributed by atoms with E-state index in [0.29, 0.717) is 6.04 Å². The van der Waals surface area contributed by atoms with Crippen LogP contribution in [0, 0.1) is 0 Å². The van der Waals surface area contributed by atoms with Gasteiger partial charge >= 0.3 is 0 Å². The lowest BCUT2D eigenvalue weighted by Crippen LogP contribution is -2.45. The van der Waals surface area contributed by atoms with Crippen molar-refractivity contribution in [1.29, 1.82) is 0 Å². The molecule has 0 aliphatic heterocycles. The first-order chi connectivity index (χ1) is 11.6. The smallest absolute Gasteiger partial charge is 0.191 e. The second-order valence-electron chi connectivity index (χ2n) is 7.14. The largest absolute Gasteiger partial charge is 0.393 e. The second-order valence-corrected chi connectivity index (χ2v) is 8.05. The lowest BCUT2D eigenvalue weighted by Gasteiger charge is -2.28. The summed E-state index contributed by atoms with van der Waals surface area (Å²) in [6.07, 6.45) is 6.11. The number of benzene rings is 1. The highest BCUT2D eigenvalue weighted by Crippen LogP contribution is 2.48. The van der Waals surface area contributed by atoms with Crippen molar-refractivity contribution in [3.05, 3.63) is 34.3 Å². The highest BCUT2D eigenvalue weighted by Gasteiger charge is 2.44. The van der Waals surface area contributed by atoms with Crippen molar-refractivity contribution in [2.45, 2.75) is 63.0 Å². The number of hydrogen-bond donors (Lipinski definition) is 3. The van der Waals surface area contributed by atoms with Gasteiger partial charge in [-0.2, -0.15) is 0 Å². The lowest BCUT2D eigenvalue weighted by molar-refractivity contribution is 0.120. The topological polar surface area (TPSA) is 56.7 Å². The van der Waals surface area contributed by atoms with Crippen LogP contribution in [0.5, 0.6) is 0 Å². The van der Waals surface area contributed by atoms with Crippen molar-refractivity contribution in [3.8, 4) is 0 Å².